The van der Waals surface area contributed by atoms with Gasteiger partial charge >= 0.3 is 0 Å². The molecule has 2 rings (SSSR count). The zero-order valence-electron chi connectivity index (χ0n) is 12.3. The third-order valence-electron chi connectivity index (χ3n) is 3.92. The molecule has 0 saturated heterocycles. The largest absolute Gasteiger partial charge is 0.320 e. The van der Waals surface area contributed by atoms with Gasteiger partial charge in [0.15, 0.2) is 0 Å². The summed E-state index contributed by atoms with van der Waals surface area (Å²) in [5.74, 6) is 1.79. The van der Waals surface area contributed by atoms with Crippen LogP contribution in [0.4, 0.5) is 0 Å². The molecular weight excluding hydrogens is 218 g/mol. The van der Waals surface area contributed by atoms with Crippen LogP contribution < -0.4 is 5.32 Å². The van der Waals surface area contributed by atoms with Crippen LogP contribution in [0.3, 0.4) is 0 Å². The van der Waals surface area contributed by atoms with Crippen LogP contribution in [0.15, 0.2) is 30.3 Å². The van der Waals surface area contributed by atoms with E-state index in [4.69, 9.17) is 0 Å². The molecule has 0 aliphatic heterocycles. The molecule has 0 unspecified atom stereocenters. The van der Waals surface area contributed by atoms with Crippen LogP contribution in [0.25, 0.3) is 0 Å². The van der Waals surface area contributed by atoms with Gasteiger partial charge in [0, 0.05) is 0 Å². The molecule has 1 aliphatic carbocycles. The first-order chi connectivity index (χ1) is 8.90. The Labute approximate surface area is 113 Å². The van der Waals surface area contributed by atoms with Gasteiger partial charge in [0.25, 0.3) is 0 Å². The van der Waals surface area contributed by atoms with Crippen molar-refractivity contribution in [3.8, 4) is 0 Å². The zero-order valence-corrected chi connectivity index (χ0v) is 12.3. The average molecular weight is 247 g/mol. The van der Waals surface area contributed by atoms with Crippen molar-refractivity contribution in [1.29, 1.82) is 0 Å². The van der Waals surface area contributed by atoms with E-state index in [9.17, 15) is 0 Å². The lowest BCUT2D eigenvalue weighted by Gasteiger charge is -2.28. The van der Waals surface area contributed by atoms with Crippen LogP contribution in [0.5, 0.6) is 0 Å². The van der Waals surface area contributed by atoms with Crippen molar-refractivity contribution in [3.05, 3.63) is 35.9 Å². The minimum atomic E-state index is 0.826. The fourth-order valence-electron chi connectivity index (χ4n) is 2.86. The summed E-state index contributed by atoms with van der Waals surface area (Å²) in [5.41, 5.74) is 1.55. The van der Waals surface area contributed by atoms with Gasteiger partial charge in [0.2, 0.25) is 0 Å². The Morgan fingerprint density at radius 2 is 1.61 bits per heavy atom. The summed E-state index contributed by atoms with van der Waals surface area (Å²) in [6.45, 7) is 5.18. The van der Waals surface area contributed by atoms with Crippen molar-refractivity contribution < 1.29 is 0 Å². The Morgan fingerprint density at radius 1 is 1.00 bits per heavy atom. The molecule has 0 radical (unpaired) electrons. The van der Waals surface area contributed by atoms with E-state index in [-0.39, 0.29) is 0 Å². The minimum absolute atomic E-state index is 0.826. The molecule has 1 aliphatic rings. The molecule has 102 valence electrons. The quantitative estimate of drug-likeness (QED) is 0.820. The minimum Gasteiger partial charge on any atom is -0.320 e. The van der Waals surface area contributed by atoms with Gasteiger partial charge in [-0.2, -0.15) is 0 Å². The Morgan fingerprint density at radius 3 is 2.17 bits per heavy atom. The van der Waals surface area contributed by atoms with Gasteiger partial charge in [0.05, 0.1) is 0 Å². The predicted octanol–water partition coefficient (Wildman–Crippen LogP) is 4.60. The van der Waals surface area contributed by atoms with Gasteiger partial charge in [-0.05, 0) is 63.1 Å². The standard InChI is InChI=1S/C15H23N.C2H6/c1-16-12-11-13-7-9-15(10-8-13)14-5-3-2-4-6-14;1-2/h2-6,13,15-16H,7-12H2,1H3;1-2H3. The maximum atomic E-state index is 3.26. The number of hydrogen-bond acceptors (Lipinski definition) is 1. The summed E-state index contributed by atoms with van der Waals surface area (Å²) in [6, 6.07) is 11.0. The molecule has 18 heavy (non-hydrogen) atoms. The van der Waals surface area contributed by atoms with Gasteiger partial charge < -0.3 is 5.32 Å². The monoisotopic (exact) mass is 247 g/mol. The van der Waals surface area contributed by atoms with E-state index in [1.165, 1.54) is 38.6 Å². The maximum absolute atomic E-state index is 3.26. The van der Waals surface area contributed by atoms with Crippen molar-refractivity contribution in [2.75, 3.05) is 13.6 Å². The molecule has 1 heteroatoms. The molecule has 1 aromatic carbocycles. The fraction of sp³-hybridized carbons (Fsp3) is 0.647. The van der Waals surface area contributed by atoms with Crippen molar-refractivity contribution in [1.82, 2.24) is 5.32 Å². The van der Waals surface area contributed by atoms with Crippen LogP contribution >= 0.6 is 0 Å². The molecule has 1 aromatic rings. The number of hydrogen-bond donors (Lipinski definition) is 1. The Balaban J connectivity index is 0.000000771. The highest BCUT2D eigenvalue weighted by Crippen LogP contribution is 2.36. The zero-order chi connectivity index (χ0) is 13.2. The highest BCUT2D eigenvalue weighted by Gasteiger charge is 2.21. The number of nitrogens with one attached hydrogen (secondary N) is 1. The van der Waals surface area contributed by atoms with Gasteiger partial charge in [-0.1, -0.05) is 44.2 Å². The summed E-state index contributed by atoms with van der Waals surface area (Å²) in [6.07, 6.45) is 6.97. The second kappa shape index (κ2) is 9.16. The van der Waals surface area contributed by atoms with Crippen LogP contribution in [0.2, 0.25) is 0 Å². The van der Waals surface area contributed by atoms with Crippen LogP contribution in [0.1, 0.15) is 57.4 Å². The van der Waals surface area contributed by atoms with Crippen LogP contribution in [-0.2, 0) is 0 Å². The Kier molecular flexibility index (Phi) is 7.75. The first-order valence-electron chi connectivity index (χ1n) is 7.59. The SMILES string of the molecule is CC.CNCCC1CCC(c2ccccc2)CC1. The molecule has 1 fully saturated rings. The van der Waals surface area contributed by atoms with E-state index in [1.807, 2.05) is 13.8 Å². The topological polar surface area (TPSA) is 12.0 Å². The van der Waals surface area contributed by atoms with E-state index in [2.05, 4.69) is 42.7 Å². The number of benzene rings is 1. The highest BCUT2D eigenvalue weighted by molar-refractivity contribution is 5.19. The lowest BCUT2D eigenvalue weighted by molar-refractivity contribution is 0.309. The van der Waals surface area contributed by atoms with E-state index in [1.54, 1.807) is 5.56 Å². The summed E-state index contributed by atoms with van der Waals surface area (Å²) < 4.78 is 0. The third-order valence-corrected chi connectivity index (χ3v) is 3.92. The van der Waals surface area contributed by atoms with Gasteiger partial charge in [0.1, 0.15) is 0 Å². The molecule has 0 heterocycles. The highest BCUT2D eigenvalue weighted by atomic mass is 14.8. The molecule has 0 aromatic heterocycles. The van der Waals surface area contributed by atoms with Crippen molar-refractivity contribution in [2.24, 2.45) is 5.92 Å². The molecule has 1 saturated carbocycles. The maximum Gasteiger partial charge on any atom is -0.00493 e. The molecule has 0 amide bonds. The summed E-state index contributed by atoms with van der Waals surface area (Å²) in [5, 5.41) is 3.26. The van der Waals surface area contributed by atoms with Gasteiger partial charge in [-0.15, -0.1) is 0 Å². The third kappa shape index (κ3) is 4.81. The molecule has 1 nitrogen and oxygen atoms in total. The summed E-state index contributed by atoms with van der Waals surface area (Å²) >= 11 is 0. The lowest BCUT2D eigenvalue weighted by atomic mass is 9.77. The molecule has 1 N–H and O–H groups in total. The van der Waals surface area contributed by atoms with Crippen LogP contribution in [-0.4, -0.2) is 13.6 Å². The van der Waals surface area contributed by atoms with E-state index in [0.29, 0.717) is 0 Å². The molecule has 0 spiro atoms. The fourth-order valence-corrected chi connectivity index (χ4v) is 2.86. The first-order valence-corrected chi connectivity index (χ1v) is 7.59. The van der Waals surface area contributed by atoms with Gasteiger partial charge in [-0.25, -0.2) is 0 Å². The smallest absolute Gasteiger partial charge is 0.00493 e. The van der Waals surface area contributed by atoms with E-state index >= 15 is 0 Å². The van der Waals surface area contributed by atoms with E-state index in [0.717, 1.165) is 11.8 Å². The average Bonchev–Trinajstić information content (AvgIpc) is 2.49. The predicted molar refractivity (Wildman–Crippen MR) is 81.0 cm³/mol. The molecule has 0 atom stereocenters. The Hall–Kier alpha value is -0.820. The second-order valence-corrected chi connectivity index (χ2v) is 5.02. The van der Waals surface area contributed by atoms with E-state index < -0.39 is 0 Å². The summed E-state index contributed by atoms with van der Waals surface area (Å²) in [4.78, 5) is 0. The summed E-state index contributed by atoms with van der Waals surface area (Å²) in [7, 11) is 2.05. The van der Waals surface area contributed by atoms with Crippen LogP contribution in [0, 0.1) is 5.92 Å². The second-order valence-electron chi connectivity index (χ2n) is 5.02. The first kappa shape index (κ1) is 15.2. The molecule has 0 bridgehead atoms. The Bertz CT molecular complexity index is 286. The van der Waals surface area contributed by atoms with Crippen molar-refractivity contribution >= 4 is 0 Å². The normalized spacial score (nSPS) is 23.1. The van der Waals surface area contributed by atoms with Crippen molar-refractivity contribution in [3.63, 3.8) is 0 Å². The van der Waals surface area contributed by atoms with Crippen molar-refractivity contribution in [2.45, 2.75) is 51.9 Å². The number of rotatable bonds is 4. The van der Waals surface area contributed by atoms with Gasteiger partial charge in [-0.3, -0.25) is 0 Å². The lowest BCUT2D eigenvalue weighted by Crippen LogP contribution is -2.18. The molecular formula is C17H29N.